The van der Waals surface area contributed by atoms with E-state index >= 15 is 0 Å². The summed E-state index contributed by atoms with van der Waals surface area (Å²) in [6.07, 6.45) is 0. The number of fused-ring (bicyclic) bond motifs is 1. The van der Waals surface area contributed by atoms with Crippen LogP contribution in [-0.4, -0.2) is 33.9 Å². The van der Waals surface area contributed by atoms with Gasteiger partial charge in [0.05, 0.1) is 7.11 Å². The van der Waals surface area contributed by atoms with Gasteiger partial charge in [0.1, 0.15) is 23.5 Å². The molecule has 21 heavy (non-hydrogen) atoms. The molecule has 1 aromatic carbocycles. The summed E-state index contributed by atoms with van der Waals surface area (Å²) in [4.78, 5) is 15.2. The van der Waals surface area contributed by atoms with Crippen LogP contribution in [0.1, 0.15) is 0 Å². The zero-order chi connectivity index (χ0) is 15.1. The maximum absolute atomic E-state index is 14.6. The van der Waals surface area contributed by atoms with E-state index in [9.17, 15) is 18.5 Å². The zero-order valence-electron chi connectivity index (χ0n) is 10.8. The van der Waals surface area contributed by atoms with Crippen LogP contribution in [0.5, 0.6) is 11.6 Å². The highest BCUT2D eigenvalue weighted by Gasteiger charge is 2.32. The Morgan fingerprint density at radius 1 is 1.52 bits per heavy atom. The highest BCUT2D eigenvalue weighted by atomic mass is 32.2. The van der Waals surface area contributed by atoms with Crippen molar-refractivity contribution in [2.45, 2.75) is 0 Å². The third-order valence-corrected chi connectivity index (χ3v) is 4.11. The molecule has 0 aliphatic carbocycles. The van der Waals surface area contributed by atoms with Gasteiger partial charge in [0.15, 0.2) is 5.82 Å². The molecule has 2 heterocycles. The molecule has 1 fully saturated rings. The number of halogens is 1. The lowest BCUT2D eigenvalue weighted by atomic mass is 10.1. The fraction of sp³-hybridized carbons (Fsp3) is 0.167. The number of ether oxygens (including phenoxy) is 1. The third-order valence-electron chi connectivity index (χ3n) is 3.00. The number of nitrogens with one attached hydrogen (secondary N) is 1. The van der Waals surface area contributed by atoms with Crippen molar-refractivity contribution in [1.29, 1.82) is 0 Å². The molecular weight excluding hydrogens is 301 g/mol. The molecule has 110 valence electrons. The van der Waals surface area contributed by atoms with Gasteiger partial charge in [0, 0.05) is 11.5 Å². The van der Waals surface area contributed by atoms with E-state index < -0.39 is 28.6 Å². The lowest BCUT2D eigenvalue weighted by Gasteiger charge is -2.17. The number of pyridine rings is 1. The standard InChI is InChI=1S/C12H10FN3O4S/c1-20-9-3-2-6-4-7(17)12(10(13)11(6)14-9)16-5-8(18)15-21(16)19/h2-4,17H,5H2,1H3,(H,15,18). The number of hydrogen-bond acceptors (Lipinski definition) is 5. The third kappa shape index (κ3) is 2.15. The lowest BCUT2D eigenvalue weighted by molar-refractivity contribution is -0.117. The van der Waals surface area contributed by atoms with E-state index in [-0.39, 0.29) is 23.6 Å². The van der Waals surface area contributed by atoms with Crippen molar-refractivity contribution in [3.8, 4) is 11.6 Å². The summed E-state index contributed by atoms with van der Waals surface area (Å²) in [5, 5.41) is 10.3. The van der Waals surface area contributed by atoms with Crippen LogP contribution in [0, 0.1) is 5.82 Å². The number of aromatic nitrogens is 1. The highest BCUT2D eigenvalue weighted by molar-refractivity contribution is 7.85. The Morgan fingerprint density at radius 2 is 2.29 bits per heavy atom. The maximum Gasteiger partial charge on any atom is 0.253 e. The number of benzene rings is 1. The first-order chi connectivity index (χ1) is 10.0. The second-order valence-electron chi connectivity index (χ2n) is 4.29. The summed E-state index contributed by atoms with van der Waals surface area (Å²) in [7, 11) is 1.39. The summed E-state index contributed by atoms with van der Waals surface area (Å²) in [5.41, 5.74) is -0.376. The molecular formula is C12H10FN3O4S. The van der Waals surface area contributed by atoms with Gasteiger partial charge in [-0.05, 0) is 12.1 Å². The molecule has 3 rings (SSSR count). The van der Waals surface area contributed by atoms with Crippen LogP contribution >= 0.6 is 0 Å². The van der Waals surface area contributed by atoms with Crippen LogP contribution in [0.25, 0.3) is 10.9 Å². The fourth-order valence-corrected chi connectivity index (χ4v) is 3.01. The number of carbonyl (C=O) groups excluding carboxylic acids is 1. The minimum Gasteiger partial charge on any atom is -0.506 e. The fourth-order valence-electron chi connectivity index (χ4n) is 2.07. The van der Waals surface area contributed by atoms with Crippen LogP contribution < -0.4 is 13.8 Å². The van der Waals surface area contributed by atoms with Crippen molar-refractivity contribution < 1.29 is 23.2 Å². The molecule has 7 nitrogen and oxygen atoms in total. The summed E-state index contributed by atoms with van der Waals surface area (Å²) in [6, 6.07) is 4.36. The molecule has 0 radical (unpaired) electrons. The van der Waals surface area contributed by atoms with Crippen LogP contribution in [0.2, 0.25) is 0 Å². The summed E-state index contributed by atoms with van der Waals surface area (Å²) < 4.78 is 34.3. The summed E-state index contributed by atoms with van der Waals surface area (Å²) in [5.74, 6) is -1.61. The van der Waals surface area contributed by atoms with Crippen molar-refractivity contribution in [2.75, 3.05) is 18.0 Å². The highest BCUT2D eigenvalue weighted by Crippen LogP contribution is 2.37. The molecule has 1 amide bonds. The van der Waals surface area contributed by atoms with E-state index in [0.29, 0.717) is 5.39 Å². The van der Waals surface area contributed by atoms with Crippen molar-refractivity contribution in [3.05, 3.63) is 24.0 Å². The number of hydrogen-bond donors (Lipinski definition) is 2. The number of anilines is 1. The van der Waals surface area contributed by atoms with Gasteiger partial charge in [-0.15, -0.1) is 0 Å². The molecule has 9 heteroatoms. The van der Waals surface area contributed by atoms with Crippen molar-refractivity contribution in [3.63, 3.8) is 0 Å². The molecule has 1 unspecified atom stereocenters. The molecule has 1 aliphatic rings. The van der Waals surface area contributed by atoms with Crippen molar-refractivity contribution >= 4 is 33.7 Å². The van der Waals surface area contributed by atoms with Gasteiger partial charge >= 0.3 is 0 Å². The normalized spacial score (nSPS) is 18.1. The van der Waals surface area contributed by atoms with E-state index in [1.165, 1.54) is 25.3 Å². The Hall–Kier alpha value is -2.42. The smallest absolute Gasteiger partial charge is 0.253 e. The quantitative estimate of drug-likeness (QED) is 0.847. The number of nitrogens with zero attached hydrogens (tertiary/aromatic N) is 2. The SMILES string of the molecule is COc1ccc2cc(O)c(N3CC(=O)NS3=O)c(F)c2n1. The number of phenols is 1. The monoisotopic (exact) mass is 311 g/mol. The Balaban J connectivity index is 2.23. The average Bonchev–Trinajstić information content (AvgIpc) is 2.77. The van der Waals surface area contributed by atoms with Crippen LogP contribution in [0.15, 0.2) is 18.2 Å². The maximum atomic E-state index is 14.6. The van der Waals surface area contributed by atoms with Crippen molar-refractivity contribution in [1.82, 2.24) is 9.71 Å². The van der Waals surface area contributed by atoms with Crippen LogP contribution in [0.4, 0.5) is 10.1 Å². The molecule has 2 aromatic rings. The van der Waals surface area contributed by atoms with Crippen molar-refractivity contribution in [2.24, 2.45) is 0 Å². The predicted molar refractivity (Wildman–Crippen MR) is 73.5 cm³/mol. The largest absolute Gasteiger partial charge is 0.506 e. The number of methoxy groups -OCH3 is 1. The van der Waals surface area contributed by atoms with E-state index in [4.69, 9.17) is 4.74 Å². The molecule has 1 atom stereocenters. The molecule has 1 aliphatic heterocycles. The van der Waals surface area contributed by atoms with Gasteiger partial charge in [-0.25, -0.2) is 13.6 Å². The van der Waals surface area contributed by atoms with Crippen LogP contribution in [0.3, 0.4) is 0 Å². The van der Waals surface area contributed by atoms with Gasteiger partial charge in [-0.3, -0.25) is 13.8 Å². The average molecular weight is 311 g/mol. The number of aromatic hydroxyl groups is 1. The molecule has 1 saturated heterocycles. The van der Waals surface area contributed by atoms with E-state index in [0.717, 1.165) is 4.31 Å². The van der Waals surface area contributed by atoms with E-state index in [2.05, 4.69) is 9.71 Å². The molecule has 0 spiro atoms. The summed E-state index contributed by atoms with van der Waals surface area (Å²) in [6.45, 7) is -0.313. The predicted octanol–water partition coefficient (Wildman–Crippen LogP) is 0.603. The van der Waals surface area contributed by atoms with Gasteiger partial charge in [-0.1, -0.05) is 0 Å². The van der Waals surface area contributed by atoms with Crippen LogP contribution in [-0.2, 0) is 16.0 Å². The molecule has 0 saturated carbocycles. The lowest BCUT2D eigenvalue weighted by Crippen LogP contribution is -2.23. The first kappa shape index (κ1) is 13.6. The Morgan fingerprint density at radius 3 is 2.90 bits per heavy atom. The number of amides is 1. The minimum atomic E-state index is -1.94. The van der Waals surface area contributed by atoms with E-state index in [1.807, 2.05) is 0 Å². The topological polar surface area (TPSA) is 91.8 Å². The summed E-state index contributed by atoms with van der Waals surface area (Å²) >= 11 is -1.94. The second kappa shape index (κ2) is 4.85. The number of carbonyl (C=O) groups is 1. The van der Waals surface area contributed by atoms with Gasteiger partial charge in [0.2, 0.25) is 17.1 Å². The van der Waals surface area contributed by atoms with Gasteiger partial charge in [0.25, 0.3) is 5.91 Å². The van der Waals surface area contributed by atoms with Gasteiger partial charge in [-0.2, -0.15) is 0 Å². The number of phenolic OH excluding ortho intramolecular Hbond substituents is 1. The Bertz CT molecular complexity index is 783. The van der Waals surface area contributed by atoms with E-state index in [1.54, 1.807) is 0 Å². The molecule has 2 N–H and O–H groups in total. The van der Waals surface area contributed by atoms with Gasteiger partial charge < -0.3 is 9.84 Å². The zero-order valence-corrected chi connectivity index (χ0v) is 11.6. The first-order valence-corrected chi connectivity index (χ1v) is 6.97. The number of rotatable bonds is 2. The second-order valence-corrected chi connectivity index (χ2v) is 5.44. The minimum absolute atomic E-state index is 0.0431. The Kier molecular flexibility index (Phi) is 3.13. The first-order valence-electron chi connectivity index (χ1n) is 5.86. The molecule has 1 aromatic heterocycles. The molecule has 0 bridgehead atoms. The Labute approximate surface area is 121 Å².